The van der Waals surface area contributed by atoms with Crippen LogP contribution in [0.3, 0.4) is 0 Å². The van der Waals surface area contributed by atoms with Crippen molar-refractivity contribution in [2.24, 2.45) is 5.92 Å². The number of fused-ring (bicyclic) bond motifs is 1. The highest BCUT2D eigenvalue weighted by Crippen LogP contribution is 2.38. The number of likely N-dealkylation sites (tertiary alicyclic amines) is 1. The van der Waals surface area contributed by atoms with Crippen LogP contribution in [0.2, 0.25) is 0 Å². The second-order valence-corrected chi connectivity index (χ2v) is 6.18. The standard InChI is InChI=1S/C17H26N2O/c1-18-11-13-8-9-19(12-13)17-5-3-4-14-10-15(20-2)6-7-16(14)17/h6-7,10,13,17-18H,3-5,8-9,11-12H2,1-2H3. The van der Waals surface area contributed by atoms with Crippen LogP contribution < -0.4 is 10.1 Å². The van der Waals surface area contributed by atoms with Gasteiger partial charge in [-0.25, -0.2) is 0 Å². The summed E-state index contributed by atoms with van der Waals surface area (Å²) in [7, 11) is 3.82. The Morgan fingerprint density at radius 1 is 1.35 bits per heavy atom. The molecule has 1 saturated heterocycles. The molecular formula is C17H26N2O. The Hall–Kier alpha value is -1.06. The topological polar surface area (TPSA) is 24.5 Å². The van der Waals surface area contributed by atoms with Crippen LogP contribution in [0.5, 0.6) is 5.75 Å². The molecule has 0 spiro atoms. The lowest BCUT2D eigenvalue weighted by molar-refractivity contribution is 0.213. The highest BCUT2D eigenvalue weighted by atomic mass is 16.5. The van der Waals surface area contributed by atoms with Gasteiger partial charge in [-0.15, -0.1) is 0 Å². The molecule has 3 nitrogen and oxygen atoms in total. The van der Waals surface area contributed by atoms with Crippen LogP contribution in [0.4, 0.5) is 0 Å². The fourth-order valence-corrected chi connectivity index (χ4v) is 3.87. The molecule has 20 heavy (non-hydrogen) atoms. The van der Waals surface area contributed by atoms with Gasteiger partial charge in [0.15, 0.2) is 0 Å². The van der Waals surface area contributed by atoms with E-state index < -0.39 is 0 Å². The van der Waals surface area contributed by atoms with Gasteiger partial charge in [0.25, 0.3) is 0 Å². The zero-order valence-electron chi connectivity index (χ0n) is 12.7. The van der Waals surface area contributed by atoms with Gasteiger partial charge in [0.1, 0.15) is 5.75 Å². The number of rotatable bonds is 4. The molecule has 1 aliphatic carbocycles. The molecule has 1 N–H and O–H groups in total. The maximum atomic E-state index is 5.37. The Morgan fingerprint density at radius 2 is 2.25 bits per heavy atom. The van der Waals surface area contributed by atoms with Crippen molar-refractivity contribution in [3.63, 3.8) is 0 Å². The van der Waals surface area contributed by atoms with Gasteiger partial charge < -0.3 is 10.1 Å². The summed E-state index contributed by atoms with van der Waals surface area (Å²) >= 11 is 0. The van der Waals surface area contributed by atoms with Gasteiger partial charge >= 0.3 is 0 Å². The molecule has 1 heterocycles. The first-order valence-corrected chi connectivity index (χ1v) is 7.87. The summed E-state index contributed by atoms with van der Waals surface area (Å²) in [6.45, 7) is 3.65. The van der Waals surface area contributed by atoms with E-state index in [2.05, 4.69) is 35.5 Å². The minimum Gasteiger partial charge on any atom is -0.497 e. The molecule has 1 aromatic rings. The van der Waals surface area contributed by atoms with Crippen molar-refractivity contribution in [1.82, 2.24) is 10.2 Å². The average Bonchev–Trinajstić information content (AvgIpc) is 2.95. The number of hydrogen-bond donors (Lipinski definition) is 1. The Labute approximate surface area is 122 Å². The predicted molar refractivity (Wildman–Crippen MR) is 82.3 cm³/mol. The van der Waals surface area contributed by atoms with E-state index in [0.29, 0.717) is 6.04 Å². The second-order valence-electron chi connectivity index (χ2n) is 6.18. The molecule has 3 heteroatoms. The molecule has 0 aromatic heterocycles. The van der Waals surface area contributed by atoms with E-state index in [1.54, 1.807) is 12.7 Å². The molecule has 0 bridgehead atoms. The zero-order valence-corrected chi connectivity index (χ0v) is 12.7. The van der Waals surface area contributed by atoms with Crippen molar-refractivity contribution in [3.8, 4) is 5.75 Å². The lowest BCUT2D eigenvalue weighted by Gasteiger charge is -2.33. The molecule has 2 unspecified atom stereocenters. The summed E-state index contributed by atoms with van der Waals surface area (Å²) < 4.78 is 5.37. The van der Waals surface area contributed by atoms with Crippen molar-refractivity contribution in [2.45, 2.75) is 31.7 Å². The molecule has 0 amide bonds. The molecule has 110 valence electrons. The van der Waals surface area contributed by atoms with Crippen molar-refractivity contribution >= 4 is 0 Å². The normalized spacial score (nSPS) is 26.5. The smallest absolute Gasteiger partial charge is 0.119 e. The summed E-state index contributed by atoms with van der Waals surface area (Å²) in [6, 6.07) is 7.29. The van der Waals surface area contributed by atoms with Gasteiger partial charge in [-0.3, -0.25) is 4.90 Å². The number of ether oxygens (including phenoxy) is 1. The van der Waals surface area contributed by atoms with Crippen molar-refractivity contribution in [2.75, 3.05) is 33.8 Å². The van der Waals surface area contributed by atoms with Gasteiger partial charge in [0.2, 0.25) is 0 Å². The maximum Gasteiger partial charge on any atom is 0.119 e. The molecule has 1 aliphatic heterocycles. The lowest BCUT2D eigenvalue weighted by atomic mass is 9.86. The molecule has 1 fully saturated rings. The number of benzene rings is 1. The highest BCUT2D eigenvalue weighted by molar-refractivity contribution is 5.39. The molecule has 2 atom stereocenters. The zero-order chi connectivity index (χ0) is 13.9. The summed E-state index contributed by atoms with van der Waals surface area (Å²) in [5.41, 5.74) is 3.04. The number of nitrogens with one attached hydrogen (secondary N) is 1. The average molecular weight is 274 g/mol. The third-order valence-corrected chi connectivity index (χ3v) is 4.88. The lowest BCUT2D eigenvalue weighted by Crippen LogP contribution is -2.30. The molecule has 0 saturated carbocycles. The van der Waals surface area contributed by atoms with E-state index in [1.165, 1.54) is 44.3 Å². The fraction of sp³-hybridized carbons (Fsp3) is 0.647. The van der Waals surface area contributed by atoms with Crippen LogP contribution in [0, 0.1) is 5.92 Å². The van der Waals surface area contributed by atoms with Crippen molar-refractivity contribution < 1.29 is 4.74 Å². The predicted octanol–water partition coefficient (Wildman–Crippen LogP) is 2.61. The van der Waals surface area contributed by atoms with Crippen LogP contribution in [-0.4, -0.2) is 38.7 Å². The summed E-state index contributed by atoms with van der Waals surface area (Å²) in [5.74, 6) is 1.82. The Kier molecular flexibility index (Phi) is 4.27. The van der Waals surface area contributed by atoms with Crippen LogP contribution in [-0.2, 0) is 6.42 Å². The number of aryl methyl sites for hydroxylation is 1. The molecule has 1 aromatic carbocycles. The molecular weight excluding hydrogens is 248 g/mol. The van der Waals surface area contributed by atoms with Crippen molar-refractivity contribution in [3.05, 3.63) is 29.3 Å². The Bertz CT molecular complexity index is 460. The third kappa shape index (κ3) is 2.70. The quantitative estimate of drug-likeness (QED) is 0.913. The van der Waals surface area contributed by atoms with Gasteiger partial charge in [-0.2, -0.15) is 0 Å². The third-order valence-electron chi connectivity index (χ3n) is 4.88. The van der Waals surface area contributed by atoms with E-state index in [4.69, 9.17) is 4.74 Å². The highest BCUT2D eigenvalue weighted by Gasteiger charge is 2.31. The SMILES string of the molecule is CNCC1CCN(C2CCCc3cc(OC)ccc32)C1. The monoisotopic (exact) mass is 274 g/mol. The van der Waals surface area contributed by atoms with E-state index in [9.17, 15) is 0 Å². The second kappa shape index (κ2) is 6.15. The Balaban J connectivity index is 1.77. The number of nitrogens with zero attached hydrogens (tertiary/aromatic N) is 1. The Morgan fingerprint density at radius 3 is 3.05 bits per heavy atom. The summed E-state index contributed by atoms with van der Waals surface area (Å²) in [6.07, 6.45) is 5.16. The van der Waals surface area contributed by atoms with E-state index in [0.717, 1.165) is 18.2 Å². The van der Waals surface area contributed by atoms with Gasteiger partial charge in [0.05, 0.1) is 7.11 Å². The van der Waals surface area contributed by atoms with Gasteiger partial charge in [0, 0.05) is 12.6 Å². The largest absolute Gasteiger partial charge is 0.497 e. The first-order valence-electron chi connectivity index (χ1n) is 7.87. The molecule has 2 aliphatic rings. The fourth-order valence-electron chi connectivity index (χ4n) is 3.87. The van der Waals surface area contributed by atoms with Crippen LogP contribution in [0.15, 0.2) is 18.2 Å². The minimum absolute atomic E-state index is 0.631. The molecule has 3 rings (SSSR count). The van der Waals surface area contributed by atoms with Crippen LogP contribution in [0.25, 0.3) is 0 Å². The summed E-state index contributed by atoms with van der Waals surface area (Å²) in [4.78, 5) is 2.70. The maximum absolute atomic E-state index is 5.37. The van der Waals surface area contributed by atoms with E-state index >= 15 is 0 Å². The number of methoxy groups -OCH3 is 1. The van der Waals surface area contributed by atoms with E-state index in [1.807, 2.05) is 0 Å². The van der Waals surface area contributed by atoms with Crippen molar-refractivity contribution in [1.29, 1.82) is 0 Å². The van der Waals surface area contributed by atoms with Crippen LogP contribution >= 0.6 is 0 Å². The first-order chi connectivity index (χ1) is 9.81. The number of hydrogen-bond acceptors (Lipinski definition) is 3. The van der Waals surface area contributed by atoms with E-state index in [-0.39, 0.29) is 0 Å². The van der Waals surface area contributed by atoms with Gasteiger partial charge in [-0.1, -0.05) is 6.07 Å². The summed E-state index contributed by atoms with van der Waals surface area (Å²) in [5, 5.41) is 3.32. The van der Waals surface area contributed by atoms with Gasteiger partial charge in [-0.05, 0) is 75.0 Å². The minimum atomic E-state index is 0.631. The first kappa shape index (κ1) is 13.9. The molecule has 0 radical (unpaired) electrons. The van der Waals surface area contributed by atoms with Crippen LogP contribution in [0.1, 0.15) is 36.4 Å².